The third-order valence-electron chi connectivity index (χ3n) is 7.46. The summed E-state index contributed by atoms with van der Waals surface area (Å²) < 4.78 is 14.1. The molecule has 1 aromatic heterocycles. The summed E-state index contributed by atoms with van der Waals surface area (Å²) in [6, 6.07) is 9.35. The lowest BCUT2D eigenvalue weighted by Gasteiger charge is -2.50. The number of piperidine rings is 2. The van der Waals surface area contributed by atoms with E-state index in [2.05, 4.69) is 20.0 Å². The quantitative estimate of drug-likeness (QED) is 0.693. The van der Waals surface area contributed by atoms with Crippen molar-refractivity contribution in [3.05, 3.63) is 41.2 Å². The van der Waals surface area contributed by atoms with E-state index in [1.165, 1.54) is 64.1 Å². The lowest BCUT2D eigenvalue weighted by atomic mass is 9.70. The Morgan fingerprint density at radius 2 is 1.66 bits per heavy atom. The van der Waals surface area contributed by atoms with Crippen LogP contribution in [0.2, 0.25) is 5.02 Å². The van der Waals surface area contributed by atoms with Crippen LogP contribution in [0.5, 0.6) is 0 Å². The molecule has 154 valence electrons. The van der Waals surface area contributed by atoms with E-state index in [0.717, 1.165) is 24.9 Å². The Morgan fingerprint density at radius 1 is 0.931 bits per heavy atom. The molecule has 2 saturated heterocycles. The lowest BCUT2D eigenvalue weighted by Crippen LogP contribution is -2.51. The smallest absolute Gasteiger partial charge is 0.151 e. The summed E-state index contributed by atoms with van der Waals surface area (Å²) in [6.07, 6.45) is 9.41. The summed E-state index contributed by atoms with van der Waals surface area (Å²) in [5, 5.41) is 9.07. The first-order valence-electron chi connectivity index (χ1n) is 10.9. The summed E-state index contributed by atoms with van der Waals surface area (Å²) in [5.74, 6) is 0.526. The van der Waals surface area contributed by atoms with Gasteiger partial charge in [-0.05, 0) is 87.4 Å². The van der Waals surface area contributed by atoms with E-state index in [1.807, 2.05) is 12.1 Å². The zero-order chi connectivity index (χ0) is 19.8. The Kier molecular flexibility index (Phi) is 5.21. The van der Waals surface area contributed by atoms with Crippen LogP contribution in [0.25, 0.3) is 11.3 Å². The average Bonchev–Trinajstić information content (AvgIpc) is 2.70. The van der Waals surface area contributed by atoms with Gasteiger partial charge in [0.25, 0.3) is 0 Å². The number of hydrogen-bond donors (Lipinski definition) is 0. The second kappa shape index (κ2) is 7.84. The van der Waals surface area contributed by atoms with Crippen LogP contribution in [-0.2, 0) is 0 Å². The number of rotatable bonds is 3. The van der Waals surface area contributed by atoms with E-state index in [9.17, 15) is 4.39 Å². The minimum atomic E-state index is -0.368. The van der Waals surface area contributed by atoms with Crippen molar-refractivity contribution in [3.63, 3.8) is 0 Å². The lowest BCUT2D eigenvalue weighted by molar-refractivity contribution is 0.0305. The Labute approximate surface area is 177 Å². The van der Waals surface area contributed by atoms with Crippen molar-refractivity contribution in [1.82, 2.24) is 15.1 Å². The van der Waals surface area contributed by atoms with Gasteiger partial charge in [-0.15, -0.1) is 10.2 Å². The standard InChI is InChI=1S/C23H28ClFN4/c24-17-4-5-19(20(25)16-17)21-6-7-22(27-26-21)29-14-10-23(11-15-29)8-12-28(13-9-23)18-2-1-3-18/h4-7,16,18H,1-3,8-15H2. The molecule has 2 aliphatic heterocycles. The first-order chi connectivity index (χ1) is 14.1. The molecule has 0 atom stereocenters. The molecule has 3 fully saturated rings. The van der Waals surface area contributed by atoms with Gasteiger partial charge in [-0.25, -0.2) is 4.39 Å². The minimum Gasteiger partial charge on any atom is -0.355 e. The molecule has 0 bridgehead atoms. The Balaban J connectivity index is 1.20. The molecule has 0 amide bonds. The van der Waals surface area contributed by atoms with Gasteiger partial charge >= 0.3 is 0 Å². The highest BCUT2D eigenvalue weighted by molar-refractivity contribution is 6.30. The molecular weight excluding hydrogens is 387 g/mol. The van der Waals surface area contributed by atoms with Crippen LogP contribution in [-0.4, -0.2) is 47.3 Å². The molecule has 4 nitrogen and oxygen atoms in total. The second-order valence-electron chi connectivity index (χ2n) is 9.01. The summed E-state index contributed by atoms with van der Waals surface area (Å²) in [5.41, 5.74) is 1.50. The van der Waals surface area contributed by atoms with E-state index in [1.54, 1.807) is 12.1 Å². The maximum Gasteiger partial charge on any atom is 0.151 e. The molecule has 0 unspecified atom stereocenters. The Bertz CT molecular complexity index is 850. The molecule has 0 N–H and O–H groups in total. The van der Waals surface area contributed by atoms with E-state index >= 15 is 0 Å². The van der Waals surface area contributed by atoms with Crippen LogP contribution in [0.15, 0.2) is 30.3 Å². The Morgan fingerprint density at radius 3 is 2.24 bits per heavy atom. The topological polar surface area (TPSA) is 32.3 Å². The summed E-state index contributed by atoms with van der Waals surface area (Å²) in [7, 11) is 0. The van der Waals surface area contributed by atoms with E-state index < -0.39 is 0 Å². The monoisotopic (exact) mass is 414 g/mol. The number of hydrogen-bond acceptors (Lipinski definition) is 4. The molecule has 3 heterocycles. The van der Waals surface area contributed by atoms with Gasteiger partial charge in [-0.3, -0.25) is 0 Å². The van der Waals surface area contributed by atoms with Crippen LogP contribution in [0, 0.1) is 11.2 Å². The van der Waals surface area contributed by atoms with Gasteiger partial charge in [-0.1, -0.05) is 18.0 Å². The van der Waals surface area contributed by atoms with Crippen molar-refractivity contribution in [2.45, 2.75) is 51.0 Å². The molecule has 3 aliphatic rings. The SMILES string of the molecule is Fc1cc(Cl)ccc1-c1ccc(N2CCC3(CC2)CCN(C2CCC2)CC3)nn1. The highest BCUT2D eigenvalue weighted by Crippen LogP contribution is 2.43. The molecule has 1 aliphatic carbocycles. The van der Waals surface area contributed by atoms with Crippen LogP contribution in [0.4, 0.5) is 10.2 Å². The van der Waals surface area contributed by atoms with Crippen molar-refractivity contribution in [2.75, 3.05) is 31.1 Å². The fraction of sp³-hybridized carbons (Fsp3) is 0.565. The van der Waals surface area contributed by atoms with Gasteiger partial charge in [0, 0.05) is 29.7 Å². The van der Waals surface area contributed by atoms with Crippen LogP contribution < -0.4 is 4.90 Å². The fourth-order valence-electron chi connectivity index (χ4n) is 5.16. The zero-order valence-corrected chi connectivity index (χ0v) is 17.5. The maximum absolute atomic E-state index is 14.1. The number of halogens is 2. The van der Waals surface area contributed by atoms with Gasteiger partial charge in [0.2, 0.25) is 0 Å². The zero-order valence-electron chi connectivity index (χ0n) is 16.8. The van der Waals surface area contributed by atoms with Crippen molar-refractivity contribution < 1.29 is 4.39 Å². The van der Waals surface area contributed by atoms with Gasteiger partial charge in [0.1, 0.15) is 5.82 Å². The van der Waals surface area contributed by atoms with Crippen LogP contribution in [0.1, 0.15) is 44.9 Å². The number of likely N-dealkylation sites (tertiary alicyclic amines) is 1. The van der Waals surface area contributed by atoms with Gasteiger partial charge in [-0.2, -0.15) is 0 Å². The number of benzene rings is 1. The Hall–Kier alpha value is -1.72. The highest BCUT2D eigenvalue weighted by atomic mass is 35.5. The van der Waals surface area contributed by atoms with E-state index in [-0.39, 0.29) is 5.82 Å². The largest absolute Gasteiger partial charge is 0.355 e. The predicted molar refractivity (Wildman–Crippen MR) is 115 cm³/mol. The average molecular weight is 415 g/mol. The molecule has 6 heteroatoms. The summed E-state index contributed by atoms with van der Waals surface area (Å²) in [4.78, 5) is 5.07. The van der Waals surface area contributed by atoms with Crippen molar-refractivity contribution >= 4 is 17.4 Å². The molecular formula is C23H28ClFN4. The summed E-state index contributed by atoms with van der Waals surface area (Å²) in [6.45, 7) is 4.64. The summed E-state index contributed by atoms with van der Waals surface area (Å²) >= 11 is 5.84. The molecule has 5 rings (SSSR count). The normalized spacial score (nSPS) is 22.6. The highest BCUT2D eigenvalue weighted by Gasteiger charge is 2.39. The van der Waals surface area contributed by atoms with Crippen LogP contribution >= 0.6 is 11.6 Å². The van der Waals surface area contributed by atoms with Gasteiger partial charge in [0.05, 0.1) is 5.69 Å². The molecule has 29 heavy (non-hydrogen) atoms. The van der Waals surface area contributed by atoms with Crippen molar-refractivity contribution in [1.29, 1.82) is 0 Å². The number of nitrogens with zero attached hydrogens (tertiary/aromatic N) is 4. The molecule has 1 spiro atoms. The minimum absolute atomic E-state index is 0.368. The third kappa shape index (κ3) is 3.87. The first kappa shape index (κ1) is 19.3. The number of aromatic nitrogens is 2. The predicted octanol–water partition coefficient (Wildman–Crippen LogP) is 5.17. The molecule has 1 aromatic carbocycles. The van der Waals surface area contributed by atoms with E-state index in [0.29, 0.717) is 21.7 Å². The number of anilines is 1. The maximum atomic E-state index is 14.1. The van der Waals surface area contributed by atoms with Crippen LogP contribution in [0.3, 0.4) is 0 Å². The van der Waals surface area contributed by atoms with Gasteiger partial charge < -0.3 is 9.80 Å². The molecule has 0 radical (unpaired) electrons. The first-order valence-corrected chi connectivity index (χ1v) is 11.3. The fourth-order valence-corrected chi connectivity index (χ4v) is 5.32. The van der Waals surface area contributed by atoms with Gasteiger partial charge in [0.15, 0.2) is 5.82 Å². The molecule has 2 aromatic rings. The second-order valence-corrected chi connectivity index (χ2v) is 9.45. The van der Waals surface area contributed by atoms with E-state index in [4.69, 9.17) is 11.6 Å². The molecule has 1 saturated carbocycles. The van der Waals surface area contributed by atoms with Crippen molar-refractivity contribution in [3.8, 4) is 11.3 Å². The van der Waals surface area contributed by atoms with Crippen molar-refractivity contribution in [2.24, 2.45) is 5.41 Å². The third-order valence-corrected chi connectivity index (χ3v) is 7.69.